The maximum atomic E-state index is 12.3. The van der Waals surface area contributed by atoms with Crippen LogP contribution in [-0.2, 0) is 22.4 Å². The largest absolute Gasteiger partial charge is 0.480 e. The molecule has 0 spiro atoms. The van der Waals surface area contributed by atoms with Crippen LogP contribution in [0, 0.1) is 6.92 Å². The summed E-state index contributed by atoms with van der Waals surface area (Å²) in [6.07, 6.45) is -5.21. The molecule has 0 radical (unpaired) electrons. The van der Waals surface area contributed by atoms with E-state index in [1.807, 2.05) is 49.4 Å². The summed E-state index contributed by atoms with van der Waals surface area (Å²) in [5.74, 6) is -0.880. The minimum absolute atomic E-state index is 0.0792. The number of carboxylic acid groups (broad SMARTS) is 1. The van der Waals surface area contributed by atoms with E-state index in [1.54, 1.807) is 18.2 Å². The molecule has 0 amide bonds. The number of alkyl halides is 2. The van der Waals surface area contributed by atoms with E-state index < -0.39 is 55.7 Å². The number of halogens is 2. The first-order valence-corrected chi connectivity index (χ1v) is 13.0. The van der Waals surface area contributed by atoms with Crippen molar-refractivity contribution in [3.63, 3.8) is 0 Å². The van der Waals surface area contributed by atoms with Gasteiger partial charge in [-0.3, -0.25) is 4.79 Å². The highest BCUT2D eigenvalue weighted by Gasteiger charge is 2.44. The third-order valence-corrected chi connectivity index (χ3v) is 6.75. The number of carbonyl (C=O) groups is 1. The number of aliphatic hydroxyl groups is 4. The number of rotatable bonds is 9. The van der Waals surface area contributed by atoms with Gasteiger partial charge in [0, 0.05) is 0 Å². The van der Waals surface area contributed by atoms with E-state index in [0.717, 1.165) is 22.3 Å². The number of hydrogen-bond acceptors (Lipinski definition) is 8. The fourth-order valence-corrected chi connectivity index (χ4v) is 4.40. The summed E-state index contributed by atoms with van der Waals surface area (Å²) >= 11 is 0. The van der Waals surface area contributed by atoms with Gasteiger partial charge in [0.05, 0.1) is 6.61 Å². The molecular formula is C30H35F2NO8. The highest BCUT2D eigenvalue weighted by molar-refractivity contribution is 5.73. The average Bonchev–Trinajstić information content (AvgIpc) is 2.95. The number of ether oxygens (including phenoxy) is 2. The van der Waals surface area contributed by atoms with Crippen molar-refractivity contribution in [2.45, 2.75) is 62.9 Å². The van der Waals surface area contributed by atoms with Gasteiger partial charge in [-0.2, -0.15) is 8.78 Å². The number of nitrogens with two attached hydrogens (primary N) is 1. The third-order valence-electron chi connectivity index (χ3n) is 6.75. The van der Waals surface area contributed by atoms with Crippen molar-refractivity contribution in [2.24, 2.45) is 5.73 Å². The highest BCUT2D eigenvalue weighted by atomic mass is 19.3. The van der Waals surface area contributed by atoms with Gasteiger partial charge in [0.25, 0.3) is 0 Å². The Morgan fingerprint density at radius 3 is 2.20 bits per heavy atom. The molecule has 41 heavy (non-hydrogen) atoms. The lowest BCUT2D eigenvalue weighted by atomic mass is 9.89. The molecule has 0 aromatic heterocycles. The summed E-state index contributed by atoms with van der Waals surface area (Å²) in [6, 6.07) is 20.3. The SMILES string of the molecule is Cc1ccc([C@@H]2O[C@H](CO)[C@@H](O)[C@H](O)[C@H]2O)cc1Cc1ccc(OC(F)F)cc1.N[C@@H](Cc1ccccc1)C(=O)O. The van der Waals surface area contributed by atoms with E-state index in [2.05, 4.69) is 4.74 Å². The number of aryl methyl sites for hydroxylation is 1. The maximum Gasteiger partial charge on any atom is 0.387 e. The molecule has 9 nitrogen and oxygen atoms in total. The molecule has 1 aliphatic rings. The standard InChI is InChI=1S/C21H24F2O6.C9H11NO2/c1-11-2-5-13(20-19(27)18(26)17(25)16(10-24)29-20)9-14(11)8-12-3-6-15(7-4-12)28-21(22)23;10-8(9(11)12)6-7-4-2-1-3-5-7/h2-7,9,16-21,24-27H,8,10H2,1H3;1-5,8H,6,10H2,(H,11,12)/t16-,17-,18+,19-,20+;8-/m10/s1. The molecule has 6 atom stereocenters. The van der Waals surface area contributed by atoms with Crippen LogP contribution in [0.2, 0.25) is 0 Å². The molecule has 3 aromatic carbocycles. The second-order valence-corrected chi connectivity index (χ2v) is 9.77. The topological polar surface area (TPSA) is 163 Å². The van der Waals surface area contributed by atoms with E-state index in [1.165, 1.54) is 12.1 Å². The van der Waals surface area contributed by atoms with Gasteiger partial charge in [0.15, 0.2) is 0 Å². The summed E-state index contributed by atoms with van der Waals surface area (Å²) in [5.41, 5.74) is 9.67. The summed E-state index contributed by atoms with van der Waals surface area (Å²) in [5, 5.41) is 48.2. The summed E-state index contributed by atoms with van der Waals surface area (Å²) in [4.78, 5) is 10.4. The lowest BCUT2D eigenvalue weighted by Gasteiger charge is -2.40. The number of aliphatic carboxylic acids is 1. The van der Waals surface area contributed by atoms with Crippen LogP contribution < -0.4 is 10.5 Å². The lowest BCUT2D eigenvalue weighted by molar-refractivity contribution is -0.231. The molecule has 222 valence electrons. The predicted molar refractivity (Wildman–Crippen MR) is 146 cm³/mol. The first kappa shape index (κ1) is 32.1. The van der Waals surface area contributed by atoms with E-state index >= 15 is 0 Å². The third kappa shape index (κ3) is 9.02. The van der Waals surface area contributed by atoms with Crippen LogP contribution >= 0.6 is 0 Å². The first-order valence-electron chi connectivity index (χ1n) is 13.0. The van der Waals surface area contributed by atoms with Crippen molar-refractivity contribution < 1.29 is 48.6 Å². The zero-order chi connectivity index (χ0) is 30.1. The predicted octanol–water partition coefficient (Wildman–Crippen LogP) is 2.34. The Morgan fingerprint density at radius 2 is 1.61 bits per heavy atom. The van der Waals surface area contributed by atoms with Gasteiger partial charge in [-0.1, -0.05) is 60.7 Å². The van der Waals surface area contributed by atoms with E-state index in [0.29, 0.717) is 18.4 Å². The smallest absolute Gasteiger partial charge is 0.387 e. The normalized spacial score (nSPS) is 22.9. The second kappa shape index (κ2) is 15.0. The zero-order valence-corrected chi connectivity index (χ0v) is 22.4. The monoisotopic (exact) mass is 575 g/mol. The molecule has 3 aromatic rings. The molecule has 0 unspecified atom stereocenters. The number of carboxylic acids is 1. The Morgan fingerprint density at radius 1 is 0.951 bits per heavy atom. The van der Waals surface area contributed by atoms with Crippen molar-refractivity contribution in [3.05, 3.63) is 101 Å². The van der Waals surface area contributed by atoms with Crippen molar-refractivity contribution in [1.29, 1.82) is 0 Å². The van der Waals surface area contributed by atoms with E-state index in [4.69, 9.17) is 15.6 Å². The van der Waals surface area contributed by atoms with Crippen LogP contribution in [0.5, 0.6) is 5.75 Å². The van der Waals surface area contributed by atoms with Crippen molar-refractivity contribution in [3.8, 4) is 5.75 Å². The minimum Gasteiger partial charge on any atom is -0.480 e. The van der Waals surface area contributed by atoms with E-state index in [-0.39, 0.29) is 5.75 Å². The van der Waals surface area contributed by atoms with Gasteiger partial charge in [-0.15, -0.1) is 0 Å². The maximum absolute atomic E-state index is 12.3. The summed E-state index contributed by atoms with van der Waals surface area (Å²) in [7, 11) is 0. The Labute approximate surface area is 236 Å². The second-order valence-electron chi connectivity index (χ2n) is 9.77. The van der Waals surface area contributed by atoms with Crippen molar-refractivity contribution in [2.75, 3.05) is 6.61 Å². The van der Waals surface area contributed by atoms with Crippen LogP contribution in [0.15, 0.2) is 72.8 Å². The number of hydrogen-bond donors (Lipinski definition) is 6. The Hall–Kier alpha value is -3.45. The van der Waals surface area contributed by atoms with Crippen LogP contribution in [0.1, 0.15) is 33.9 Å². The molecule has 1 fully saturated rings. The van der Waals surface area contributed by atoms with E-state index in [9.17, 15) is 34.0 Å². The number of benzene rings is 3. The van der Waals surface area contributed by atoms with Gasteiger partial charge in [0.1, 0.15) is 42.3 Å². The highest BCUT2D eigenvalue weighted by Crippen LogP contribution is 2.33. The Kier molecular flexibility index (Phi) is 11.7. The fourth-order valence-electron chi connectivity index (χ4n) is 4.40. The molecule has 1 saturated heterocycles. The molecule has 0 aliphatic carbocycles. The van der Waals surface area contributed by atoms with Crippen molar-refractivity contribution >= 4 is 5.97 Å². The van der Waals surface area contributed by atoms with Gasteiger partial charge < -0.3 is 40.7 Å². The van der Waals surface area contributed by atoms with Crippen LogP contribution in [-0.4, -0.2) is 75.2 Å². The Bertz CT molecular complexity index is 1240. The fraction of sp³-hybridized carbons (Fsp3) is 0.367. The first-order chi connectivity index (χ1) is 19.5. The quantitative estimate of drug-likeness (QED) is 0.225. The summed E-state index contributed by atoms with van der Waals surface area (Å²) < 4.78 is 34.5. The van der Waals surface area contributed by atoms with Crippen molar-refractivity contribution in [1.82, 2.24) is 0 Å². The zero-order valence-electron chi connectivity index (χ0n) is 22.4. The molecule has 0 saturated carbocycles. The van der Waals surface area contributed by atoms with Gasteiger partial charge in [-0.05, 0) is 59.7 Å². The molecule has 4 rings (SSSR count). The molecular weight excluding hydrogens is 540 g/mol. The summed E-state index contributed by atoms with van der Waals surface area (Å²) in [6.45, 7) is -1.45. The van der Waals surface area contributed by atoms with Gasteiger partial charge in [0.2, 0.25) is 0 Å². The molecule has 1 heterocycles. The van der Waals surface area contributed by atoms with Crippen LogP contribution in [0.3, 0.4) is 0 Å². The van der Waals surface area contributed by atoms with Gasteiger partial charge in [-0.25, -0.2) is 0 Å². The molecule has 1 aliphatic heterocycles. The minimum atomic E-state index is -2.88. The Balaban J connectivity index is 0.000000322. The molecule has 7 N–H and O–H groups in total. The van der Waals surface area contributed by atoms with Gasteiger partial charge >= 0.3 is 12.6 Å². The molecule has 0 bridgehead atoms. The lowest BCUT2D eigenvalue weighted by Crippen LogP contribution is -2.55. The number of aliphatic hydroxyl groups excluding tert-OH is 4. The molecule has 11 heteroatoms. The average molecular weight is 576 g/mol. The van der Waals surface area contributed by atoms with Crippen LogP contribution in [0.4, 0.5) is 8.78 Å². The van der Waals surface area contributed by atoms with Crippen LogP contribution in [0.25, 0.3) is 0 Å².